The van der Waals surface area contributed by atoms with Crippen LogP contribution in [0.3, 0.4) is 0 Å². The minimum Gasteiger partial charge on any atom is -0.478 e. The molecule has 0 aliphatic rings. The fourth-order valence-electron chi connectivity index (χ4n) is 3.16. The van der Waals surface area contributed by atoms with Crippen molar-refractivity contribution < 1.29 is 29.4 Å². The van der Waals surface area contributed by atoms with Gasteiger partial charge < -0.3 is 10.2 Å². The first-order chi connectivity index (χ1) is 12.8. The monoisotopic (exact) mass is 366 g/mol. The Balaban J connectivity index is 3.01. The maximum Gasteiger partial charge on any atom is 0.336 e. The third-order valence-corrected chi connectivity index (χ3v) is 4.13. The lowest BCUT2D eigenvalue weighted by Crippen LogP contribution is -2.26. The summed E-state index contributed by atoms with van der Waals surface area (Å²) in [6, 6.07) is 8.28. The highest BCUT2D eigenvalue weighted by Gasteiger charge is 2.36. The van der Waals surface area contributed by atoms with Crippen molar-refractivity contribution in [2.75, 3.05) is 0 Å². The summed E-state index contributed by atoms with van der Waals surface area (Å²) in [6.45, 7) is 3.12. The Morgan fingerprint density at radius 1 is 0.815 bits per heavy atom. The minimum atomic E-state index is -1.30. The molecule has 0 aromatic heterocycles. The summed E-state index contributed by atoms with van der Waals surface area (Å²) in [5.74, 6) is -2.57. The molecular formula is C19H14N2O6. The molecule has 0 aliphatic carbocycles. The van der Waals surface area contributed by atoms with E-state index in [9.17, 15) is 29.4 Å². The summed E-state index contributed by atoms with van der Waals surface area (Å²) < 4.78 is 0. The van der Waals surface area contributed by atoms with Gasteiger partial charge in [0.05, 0.1) is 22.5 Å². The van der Waals surface area contributed by atoms with Gasteiger partial charge in [-0.05, 0) is 24.3 Å². The van der Waals surface area contributed by atoms with Crippen LogP contribution in [-0.4, -0.2) is 34.3 Å². The van der Waals surface area contributed by atoms with Gasteiger partial charge in [-0.1, -0.05) is 26.0 Å². The number of rotatable bonds is 6. The van der Waals surface area contributed by atoms with Crippen LogP contribution in [-0.2, 0) is 15.0 Å². The molecule has 136 valence electrons. The van der Waals surface area contributed by atoms with Gasteiger partial charge in [-0.15, -0.1) is 0 Å². The van der Waals surface area contributed by atoms with Crippen molar-refractivity contribution in [1.82, 2.24) is 0 Å². The molecule has 2 N–H and O–H groups in total. The molecule has 0 radical (unpaired) electrons. The number of aromatic carboxylic acids is 2. The highest BCUT2D eigenvalue weighted by atomic mass is 16.4. The summed E-state index contributed by atoms with van der Waals surface area (Å²) in [5, 5.41) is 19.2. The molecule has 0 saturated carbocycles. The van der Waals surface area contributed by atoms with Crippen molar-refractivity contribution in [2.24, 2.45) is 9.98 Å². The highest BCUT2D eigenvalue weighted by Crippen LogP contribution is 2.44. The second-order valence-corrected chi connectivity index (χ2v) is 6.04. The number of carboxylic acids is 2. The van der Waals surface area contributed by atoms with E-state index in [1.165, 1.54) is 48.6 Å². The number of nitrogens with zero attached hydrogens (tertiary/aromatic N) is 2. The standard InChI is InChI=1S/C19H14N2O6/c1-19(2,15-11(17(24)25)5-3-7-13(15)20-9-22)16-12(18(26)27)6-4-8-14(16)21-10-23/h3-8H,1-2H3,(H,24,25)(H,26,27). The maximum absolute atomic E-state index is 11.7. The quantitative estimate of drug-likeness (QED) is 0.595. The molecule has 8 nitrogen and oxygen atoms in total. The van der Waals surface area contributed by atoms with E-state index in [-0.39, 0.29) is 33.6 Å². The van der Waals surface area contributed by atoms with Gasteiger partial charge in [-0.2, -0.15) is 9.98 Å². The fraction of sp³-hybridized carbons (Fsp3) is 0.158. The minimum absolute atomic E-state index is 0.0242. The third kappa shape index (κ3) is 3.57. The van der Waals surface area contributed by atoms with E-state index >= 15 is 0 Å². The average Bonchev–Trinajstić information content (AvgIpc) is 2.61. The average molecular weight is 366 g/mol. The normalized spacial score (nSPS) is 10.4. The van der Waals surface area contributed by atoms with E-state index in [2.05, 4.69) is 9.98 Å². The predicted octanol–water partition coefficient (Wildman–Crippen LogP) is 3.34. The topological polar surface area (TPSA) is 133 Å². The Hall–Kier alpha value is -3.86. The van der Waals surface area contributed by atoms with Gasteiger partial charge in [0, 0.05) is 16.5 Å². The van der Waals surface area contributed by atoms with Crippen molar-refractivity contribution in [1.29, 1.82) is 0 Å². The van der Waals surface area contributed by atoms with Crippen LogP contribution < -0.4 is 0 Å². The lowest BCUT2D eigenvalue weighted by atomic mass is 9.72. The van der Waals surface area contributed by atoms with Crippen molar-refractivity contribution in [3.05, 3.63) is 58.7 Å². The van der Waals surface area contributed by atoms with Crippen molar-refractivity contribution >= 4 is 35.5 Å². The Bertz CT molecular complexity index is 906. The van der Waals surface area contributed by atoms with Crippen LogP contribution in [0, 0.1) is 0 Å². The van der Waals surface area contributed by atoms with Crippen LogP contribution in [0.4, 0.5) is 11.4 Å². The highest BCUT2D eigenvalue weighted by molar-refractivity contribution is 5.95. The molecule has 0 amide bonds. The Morgan fingerprint density at radius 2 is 1.19 bits per heavy atom. The number of carbonyl (C=O) groups excluding carboxylic acids is 2. The molecular weight excluding hydrogens is 352 g/mol. The summed E-state index contributed by atoms with van der Waals surface area (Å²) >= 11 is 0. The first-order valence-electron chi connectivity index (χ1n) is 7.65. The van der Waals surface area contributed by atoms with Crippen molar-refractivity contribution in [2.45, 2.75) is 19.3 Å². The van der Waals surface area contributed by atoms with Gasteiger partial charge in [0.2, 0.25) is 12.2 Å². The molecule has 0 spiro atoms. The summed E-state index contributed by atoms with van der Waals surface area (Å²) in [7, 11) is 0. The third-order valence-electron chi connectivity index (χ3n) is 4.13. The van der Waals surface area contributed by atoms with Gasteiger partial charge in [-0.25, -0.2) is 19.2 Å². The number of carboxylic acid groups (broad SMARTS) is 2. The molecule has 0 heterocycles. The Kier molecular flexibility index (Phi) is 5.46. The zero-order valence-electron chi connectivity index (χ0n) is 14.4. The molecule has 0 unspecified atom stereocenters. The lowest BCUT2D eigenvalue weighted by Gasteiger charge is -2.30. The second-order valence-electron chi connectivity index (χ2n) is 6.04. The van der Waals surface area contributed by atoms with Gasteiger partial charge in [0.1, 0.15) is 0 Å². The molecule has 0 saturated heterocycles. The van der Waals surface area contributed by atoms with Crippen molar-refractivity contribution in [3.8, 4) is 0 Å². The van der Waals surface area contributed by atoms with Crippen LogP contribution in [0.25, 0.3) is 0 Å². The second kappa shape index (κ2) is 7.58. The zero-order valence-corrected chi connectivity index (χ0v) is 14.4. The first kappa shape index (κ1) is 19.5. The molecule has 2 rings (SSSR count). The molecule has 0 aliphatic heterocycles. The zero-order chi connectivity index (χ0) is 20.2. The molecule has 0 atom stereocenters. The number of benzene rings is 2. The summed E-state index contributed by atoms with van der Waals surface area (Å²) in [5.41, 5.74) is -1.40. The molecule has 0 bridgehead atoms. The van der Waals surface area contributed by atoms with E-state index < -0.39 is 17.4 Å². The van der Waals surface area contributed by atoms with E-state index in [1.54, 1.807) is 13.8 Å². The first-order valence-corrected chi connectivity index (χ1v) is 7.65. The summed E-state index contributed by atoms with van der Waals surface area (Å²) in [6.07, 6.45) is 2.74. The SMILES string of the molecule is CC(C)(c1c(N=C=O)cccc1C(=O)O)c1c(N=C=O)cccc1C(=O)O. The van der Waals surface area contributed by atoms with Crippen LogP contribution in [0.2, 0.25) is 0 Å². The number of isocyanates is 2. The summed E-state index contributed by atoms with van der Waals surface area (Å²) in [4.78, 5) is 52.2. The number of hydrogen-bond donors (Lipinski definition) is 2. The van der Waals surface area contributed by atoms with Crippen LogP contribution in [0.5, 0.6) is 0 Å². The van der Waals surface area contributed by atoms with Gasteiger partial charge in [0.15, 0.2) is 0 Å². The molecule has 2 aromatic carbocycles. The van der Waals surface area contributed by atoms with E-state index in [1.807, 2.05) is 0 Å². The van der Waals surface area contributed by atoms with Crippen LogP contribution >= 0.6 is 0 Å². The van der Waals surface area contributed by atoms with E-state index in [0.29, 0.717) is 0 Å². The van der Waals surface area contributed by atoms with Gasteiger partial charge >= 0.3 is 11.9 Å². The number of aliphatic imine (C=N–C) groups is 2. The van der Waals surface area contributed by atoms with Crippen molar-refractivity contribution in [3.63, 3.8) is 0 Å². The molecule has 2 aromatic rings. The Labute approximate surface area is 153 Å². The lowest BCUT2D eigenvalue weighted by molar-refractivity contribution is 0.0686. The Morgan fingerprint density at radius 3 is 1.48 bits per heavy atom. The number of carbonyl (C=O) groups is 2. The molecule has 8 heteroatoms. The van der Waals surface area contributed by atoms with Crippen LogP contribution in [0.15, 0.2) is 46.4 Å². The van der Waals surface area contributed by atoms with Crippen LogP contribution in [0.1, 0.15) is 45.7 Å². The number of hydrogen-bond acceptors (Lipinski definition) is 6. The van der Waals surface area contributed by atoms with Gasteiger partial charge in [-0.3, -0.25) is 0 Å². The smallest absolute Gasteiger partial charge is 0.336 e. The largest absolute Gasteiger partial charge is 0.478 e. The molecule has 27 heavy (non-hydrogen) atoms. The fourth-order valence-corrected chi connectivity index (χ4v) is 3.16. The van der Waals surface area contributed by atoms with E-state index in [4.69, 9.17) is 0 Å². The maximum atomic E-state index is 11.7. The predicted molar refractivity (Wildman–Crippen MR) is 94.5 cm³/mol. The van der Waals surface area contributed by atoms with Gasteiger partial charge in [0.25, 0.3) is 0 Å². The van der Waals surface area contributed by atoms with E-state index in [0.717, 1.165) is 0 Å². The molecule has 0 fully saturated rings.